The van der Waals surface area contributed by atoms with Crippen molar-refractivity contribution in [3.8, 4) is 11.1 Å². The zero-order valence-corrected chi connectivity index (χ0v) is 16.3. The molecule has 0 radical (unpaired) electrons. The van der Waals surface area contributed by atoms with E-state index in [0.717, 1.165) is 11.6 Å². The molecular formula is C18H25NO3SSi. The minimum Gasteiger partial charge on any atom is -0.377 e. The first kappa shape index (κ1) is 18.9. The molecule has 2 rings (SSSR count). The number of hydrogen-bond donors (Lipinski definition) is 1. The molecular weight excluding hydrogens is 338 g/mol. The van der Waals surface area contributed by atoms with Gasteiger partial charge in [0, 0.05) is 20.2 Å². The van der Waals surface area contributed by atoms with Crippen LogP contribution in [0.4, 0.5) is 0 Å². The van der Waals surface area contributed by atoms with Crippen molar-refractivity contribution in [3.05, 3.63) is 54.1 Å². The van der Waals surface area contributed by atoms with Crippen molar-refractivity contribution < 1.29 is 13.2 Å². The maximum Gasteiger partial charge on any atom is 0.239 e. The summed E-state index contributed by atoms with van der Waals surface area (Å²) in [5.74, 6) is 0. The summed E-state index contributed by atoms with van der Waals surface area (Å²) in [4.78, 5) is 0.157. The number of nitrogens with two attached hydrogens (primary N) is 1. The van der Waals surface area contributed by atoms with Crippen LogP contribution >= 0.6 is 0 Å². The van der Waals surface area contributed by atoms with Crippen LogP contribution < -0.4 is 5.14 Å². The molecule has 0 saturated heterocycles. The molecule has 4 nitrogen and oxygen atoms in total. The summed E-state index contributed by atoms with van der Waals surface area (Å²) in [6, 6.07) is 15.8. The molecule has 0 aliphatic rings. The van der Waals surface area contributed by atoms with Gasteiger partial charge in [0.2, 0.25) is 10.0 Å². The predicted molar refractivity (Wildman–Crippen MR) is 101 cm³/mol. The second-order valence-corrected chi connectivity index (χ2v) is 14.2. The van der Waals surface area contributed by atoms with E-state index in [1.165, 1.54) is 0 Å². The van der Waals surface area contributed by atoms with Crippen LogP contribution in [-0.4, -0.2) is 23.1 Å². The molecule has 0 heterocycles. The first-order valence-corrected chi connectivity index (χ1v) is 13.2. The maximum atomic E-state index is 12.2. The zero-order valence-electron chi connectivity index (χ0n) is 14.5. The van der Waals surface area contributed by atoms with Gasteiger partial charge in [-0.1, -0.05) is 68.2 Å². The molecule has 0 saturated carbocycles. The fraction of sp³-hybridized carbons (Fsp3) is 0.333. The summed E-state index contributed by atoms with van der Waals surface area (Å²) in [6.45, 7) is 7.72. The first-order chi connectivity index (χ1) is 11.2. The summed E-state index contributed by atoms with van der Waals surface area (Å²) in [6.07, 6.45) is 0. The lowest BCUT2D eigenvalue weighted by molar-refractivity contribution is 0.131. The minimum absolute atomic E-state index is 0.157. The SMILES string of the molecule is C[Si](C)(C)CCOCc1cccc(-c2ccccc2)c1S(N)(=O)=O. The molecule has 0 bridgehead atoms. The molecule has 0 atom stereocenters. The summed E-state index contributed by atoms with van der Waals surface area (Å²) in [7, 11) is -5.03. The Morgan fingerprint density at radius 3 is 2.25 bits per heavy atom. The van der Waals surface area contributed by atoms with E-state index >= 15 is 0 Å². The molecule has 6 heteroatoms. The Morgan fingerprint density at radius 1 is 1.00 bits per heavy atom. The Hall–Kier alpha value is -1.47. The van der Waals surface area contributed by atoms with E-state index < -0.39 is 18.1 Å². The Kier molecular flexibility index (Phi) is 5.98. The number of hydrogen-bond acceptors (Lipinski definition) is 3. The van der Waals surface area contributed by atoms with Gasteiger partial charge in [0.1, 0.15) is 0 Å². The van der Waals surface area contributed by atoms with E-state index in [9.17, 15) is 8.42 Å². The molecule has 0 aliphatic carbocycles. The number of rotatable bonds is 7. The Balaban J connectivity index is 2.32. The van der Waals surface area contributed by atoms with Crippen LogP contribution in [0.5, 0.6) is 0 Å². The summed E-state index contributed by atoms with van der Waals surface area (Å²) >= 11 is 0. The van der Waals surface area contributed by atoms with Gasteiger partial charge in [-0.25, -0.2) is 13.6 Å². The zero-order chi connectivity index (χ0) is 17.8. The molecule has 0 amide bonds. The molecule has 0 spiro atoms. The van der Waals surface area contributed by atoms with E-state index in [1.54, 1.807) is 12.1 Å². The molecule has 2 N–H and O–H groups in total. The van der Waals surface area contributed by atoms with Crippen molar-refractivity contribution in [2.75, 3.05) is 6.61 Å². The molecule has 0 fully saturated rings. The smallest absolute Gasteiger partial charge is 0.239 e. The van der Waals surface area contributed by atoms with Crippen LogP contribution in [0.1, 0.15) is 5.56 Å². The molecule has 0 unspecified atom stereocenters. The van der Waals surface area contributed by atoms with Crippen molar-refractivity contribution >= 4 is 18.1 Å². The predicted octanol–water partition coefficient (Wildman–Crippen LogP) is 3.86. The van der Waals surface area contributed by atoms with Gasteiger partial charge < -0.3 is 4.74 Å². The van der Waals surface area contributed by atoms with Gasteiger partial charge in [0.05, 0.1) is 11.5 Å². The van der Waals surface area contributed by atoms with E-state index in [0.29, 0.717) is 17.7 Å². The van der Waals surface area contributed by atoms with E-state index in [2.05, 4.69) is 19.6 Å². The van der Waals surface area contributed by atoms with Gasteiger partial charge in [-0.2, -0.15) is 0 Å². The highest BCUT2D eigenvalue weighted by atomic mass is 32.2. The van der Waals surface area contributed by atoms with Crippen LogP contribution in [-0.2, 0) is 21.4 Å². The standard InChI is InChI=1S/C18H25NO3SSi/c1-24(2,3)13-12-22-14-16-10-7-11-17(18(16)23(19,20)21)15-8-5-4-6-9-15/h4-11H,12-14H2,1-3H3,(H2,19,20,21). The van der Waals surface area contributed by atoms with Crippen molar-refractivity contribution in [1.82, 2.24) is 0 Å². The second-order valence-electron chi connectivity index (χ2n) is 7.07. The third-order valence-corrected chi connectivity index (χ3v) is 6.48. The monoisotopic (exact) mass is 363 g/mol. The van der Waals surface area contributed by atoms with Gasteiger partial charge in [0.15, 0.2) is 0 Å². The maximum absolute atomic E-state index is 12.2. The topological polar surface area (TPSA) is 69.4 Å². The summed E-state index contributed by atoms with van der Waals surface area (Å²) in [5, 5.41) is 5.49. The van der Waals surface area contributed by atoms with E-state index in [-0.39, 0.29) is 11.5 Å². The average Bonchev–Trinajstić information content (AvgIpc) is 2.50. The highest BCUT2D eigenvalue weighted by molar-refractivity contribution is 7.89. The van der Waals surface area contributed by atoms with Crippen molar-refractivity contribution in [3.63, 3.8) is 0 Å². The molecule has 0 aromatic heterocycles. The molecule has 24 heavy (non-hydrogen) atoms. The van der Waals surface area contributed by atoms with Crippen molar-refractivity contribution in [1.29, 1.82) is 0 Å². The fourth-order valence-corrected chi connectivity index (χ4v) is 4.18. The molecule has 130 valence electrons. The van der Waals surface area contributed by atoms with Crippen LogP contribution in [0, 0.1) is 0 Å². The van der Waals surface area contributed by atoms with Crippen LogP contribution in [0.15, 0.2) is 53.4 Å². The number of benzene rings is 2. The van der Waals surface area contributed by atoms with Crippen LogP contribution in [0.2, 0.25) is 25.7 Å². The Bertz CT molecular complexity index is 784. The van der Waals surface area contributed by atoms with Gasteiger partial charge in [-0.05, 0) is 17.2 Å². The van der Waals surface area contributed by atoms with Gasteiger partial charge in [-0.15, -0.1) is 0 Å². The summed E-state index contributed by atoms with van der Waals surface area (Å²) < 4.78 is 30.1. The van der Waals surface area contributed by atoms with Gasteiger partial charge >= 0.3 is 0 Å². The first-order valence-electron chi connectivity index (χ1n) is 7.96. The number of ether oxygens (including phenoxy) is 1. The minimum atomic E-state index is -3.85. The number of sulfonamides is 1. The molecule has 2 aromatic rings. The van der Waals surface area contributed by atoms with Crippen molar-refractivity contribution in [2.24, 2.45) is 5.14 Å². The van der Waals surface area contributed by atoms with E-state index in [1.807, 2.05) is 36.4 Å². The van der Waals surface area contributed by atoms with Crippen molar-refractivity contribution in [2.45, 2.75) is 37.2 Å². The highest BCUT2D eigenvalue weighted by Crippen LogP contribution is 2.30. The largest absolute Gasteiger partial charge is 0.377 e. The van der Waals surface area contributed by atoms with E-state index in [4.69, 9.17) is 9.88 Å². The third kappa shape index (κ3) is 5.27. The lowest BCUT2D eigenvalue weighted by atomic mass is 10.0. The quantitative estimate of drug-likeness (QED) is 0.600. The average molecular weight is 364 g/mol. The Labute approximate surface area is 145 Å². The van der Waals surface area contributed by atoms with Crippen LogP contribution in [0.25, 0.3) is 11.1 Å². The normalized spacial score (nSPS) is 12.3. The molecule has 0 aliphatic heterocycles. The molecule has 2 aromatic carbocycles. The lowest BCUT2D eigenvalue weighted by Gasteiger charge is -2.17. The fourth-order valence-electron chi connectivity index (χ4n) is 2.44. The highest BCUT2D eigenvalue weighted by Gasteiger charge is 2.20. The Morgan fingerprint density at radius 2 is 1.67 bits per heavy atom. The van der Waals surface area contributed by atoms with Gasteiger partial charge in [-0.3, -0.25) is 0 Å². The number of primary sulfonamides is 1. The van der Waals surface area contributed by atoms with Gasteiger partial charge in [0.25, 0.3) is 0 Å². The summed E-state index contributed by atoms with van der Waals surface area (Å²) in [5.41, 5.74) is 2.05. The third-order valence-electron chi connectivity index (χ3n) is 3.72. The van der Waals surface area contributed by atoms with Crippen LogP contribution in [0.3, 0.4) is 0 Å². The lowest BCUT2D eigenvalue weighted by Crippen LogP contribution is -2.22. The second kappa shape index (κ2) is 7.61.